The summed E-state index contributed by atoms with van der Waals surface area (Å²) >= 11 is 0. The highest BCUT2D eigenvalue weighted by Gasteiger charge is 2.47. The number of carbonyl (C=O) groups is 1. The van der Waals surface area contributed by atoms with Gasteiger partial charge in [-0.05, 0) is 82.9 Å². The zero-order valence-electron chi connectivity index (χ0n) is 23.7. The van der Waals surface area contributed by atoms with E-state index in [2.05, 4.69) is 13.8 Å². The maximum Gasteiger partial charge on any atom is 0.303 e. The molecule has 2 atom stereocenters. The SMILES string of the molecule is CC1(C)CCC[C@H]1c1cc(COc2cccc([C@@H](CC(=O)O)C3(C)CC3)c2F)ccc1-c1cc(C(F)F)ccc1F. The van der Waals surface area contributed by atoms with Crippen LogP contribution in [-0.2, 0) is 11.4 Å². The summed E-state index contributed by atoms with van der Waals surface area (Å²) in [5.41, 5.74) is 2.15. The van der Waals surface area contributed by atoms with Crippen molar-refractivity contribution in [1.29, 1.82) is 0 Å². The van der Waals surface area contributed by atoms with E-state index in [4.69, 9.17) is 4.74 Å². The van der Waals surface area contributed by atoms with Gasteiger partial charge in [0.2, 0.25) is 0 Å². The molecule has 3 aromatic carbocycles. The lowest BCUT2D eigenvalue weighted by Crippen LogP contribution is -2.17. The summed E-state index contributed by atoms with van der Waals surface area (Å²) < 4.78 is 63.6. The van der Waals surface area contributed by atoms with Crippen LogP contribution in [0.15, 0.2) is 54.6 Å². The van der Waals surface area contributed by atoms with Gasteiger partial charge in [0.1, 0.15) is 12.4 Å². The van der Waals surface area contributed by atoms with Crippen LogP contribution in [0.2, 0.25) is 0 Å². The minimum absolute atomic E-state index is 0.0429. The summed E-state index contributed by atoms with van der Waals surface area (Å²) in [7, 11) is 0. The first-order valence-electron chi connectivity index (χ1n) is 14.2. The Morgan fingerprint density at radius 3 is 2.39 bits per heavy atom. The van der Waals surface area contributed by atoms with Gasteiger partial charge in [-0.3, -0.25) is 4.79 Å². The molecule has 218 valence electrons. The lowest BCUT2D eigenvalue weighted by Gasteiger charge is -2.30. The van der Waals surface area contributed by atoms with Gasteiger partial charge in [-0.1, -0.05) is 63.6 Å². The Labute approximate surface area is 238 Å². The van der Waals surface area contributed by atoms with Crippen molar-refractivity contribution < 1.29 is 32.2 Å². The Bertz CT molecular complexity index is 1440. The first-order chi connectivity index (χ1) is 19.4. The molecule has 3 nitrogen and oxygen atoms in total. The molecule has 7 heteroatoms. The molecule has 1 N–H and O–H groups in total. The number of benzene rings is 3. The molecule has 5 rings (SSSR count). The Morgan fingerprint density at radius 2 is 1.76 bits per heavy atom. The third-order valence-corrected chi connectivity index (χ3v) is 9.30. The second-order valence-corrected chi connectivity index (χ2v) is 12.6. The standard InChI is InChI=1S/C34H36F4O3/c1-33(2)13-5-7-26(33)24-16-20(9-11-22(24)25-17-21(32(37)38)10-12-28(25)35)19-41-29-8-4-6-23(31(29)36)27(18-30(39)40)34(3)14-15-34/h4,6,8-12,16-17,26-27,32H,5,7,13-15,18-19H2,1-3H3,(H,39,40)/t26-,27+/m0/s1. The summed E-state index contributed by atoms with van der Waals surface area (Å²) in [5.74, 6) is -2.39. The first-order valence-corrected chi connectivity index (χ1v) is 14.2. The first kappa shape index (κ1) is 29.2. The topological polar surface area (TPSA) is 46.5 Å². The predicted octanol–water partition coefficient (Wildman–Crippen LogP) is 9.80. The molecule has 0 spiro atoms. The second-order valence-electron chi connectivity index (χ2n) is 12.6. The van der Waals surface area contributed by atoms with E-state index in [-0.39, 0.29) is 46.7 Å². The Morgan fingerprint density at radius 1 is 1.00 bits per heavy atom. The third-order valence-electron chi connectivity index (χ3n) is 9.30. The van der Waals surface area contributed by atoms with Gasteiger partial charge in [-0.2, -0.15) is 0 Å². The highest BCUT2D eigenvalue weighted by atomic mass is 19.3. The Kier molecular flexibility index (Phi) is 7.92. The van der Waals surface area contributed by atoms with Crippen molar-refractivity contribution in [2.75, 3.05) is 0 Å². The van der Waals surface area contributed by atoms with Crippen LogP contribution in [0, 0.1) is 22.5 Å². The van der Waals surface area contributed by atoms with E-state index < -0.39 is 29.9 Å². The average Bonchev–Trinajstić information content (AvgIpc) is 3.57. The van der Waals surface area contributed by atoms with E-state index in [1.54, 1.807) is 24.3 Å². The minimum atomic E-state index is -2.71. The number of hydrogen-bond acceptors (Lipinski definition) is 2. The van der Waals surface area contributed by atoms with Gasteiger partial charge in [0.25, 0.3) is 6.43 Å². The van der Waals surface area contributed by atoms with Gasteiger partial charge in [0.05, 0.1) is 6.42 Å². The highest BCUT2D eigenvalue weighted by Crippen LogP contribution is 2.57. The second kappa shape index (κ2) is 11.1. The molecular formula is C34H36F4O3. The predicted molar refractivity (Wildman–Crippen MR) is 150 cm³/mol. The molecule has 0 radical (unpaired) electrons. The van der Waals surface area contributed by atoms with Crippen molar-refractivity contribution in [2.24, 2.45) is 10.8 Å². The lowest BCUT2D eigenvalue weighted by molar-refractivity contribution is -0.137. The maximum absolute atomic E-state index is 15.7. The molecule has 0 heterocycles. The van der Waals surface area contributed by atoms with E-state index in [0.29, 0.717) is 11.1 Å². The number of hydrogen-bond donors (Lipinski definition) is 1. The van der Waals surface area contributed by atoms with Crippen molar-refractivity contribution in [1.82, 2.24) is 0 Å². The van der Waals surface area contributed by atoms with Crippen molar-refractivity contribution in [3.63, 3.8) is 0 Å². The van der Waals surface area contributed by atoms with E-state index in [9.17, 15) is 18.7 Å². The molecule has 0 unspecified atom stereocenters. The van der Waals surface area contributed by atoms with Crippen LogP contribution in [-0.4, -0.2) is 11.1 Å². The van der Waals surface area contributed by atoms with Gasteiger partial charge in [-0.15, -0.1) is 0 Å². The number of alkyl halides is 2. The quantitative estimate of drug-likeness (QED) is 0.248. The van der Waals surface area contributed by atoms with Crippen LogP contribution in [0.4, 0.5) is 17.6 Å². The fraction of sp³-hybridized carbons (Fsp3) is 0.441. The zero-order valence-corrected chi connectivity index (χ0v) is 23.7. The molecule has 0 aliphatic heterocycles. The van der Waals surface area contributed by atoms with E-state index in [1.165, 1.54) is 12.1 Å². The Hall–Kier alpha value is -3.35. The fourth-order valence-electron chi connectivity index (χ4n) is 6.55. The Balaban J connectivity index is 1.47. The molecule has 2 aliphatic carbocycles. The van der Waals surface area contributed by atoms with Crippen LogP contribution in [0.1, 0.15) is 99.8 Å². The summed E-state index contributed by atoms with van der Waals surface area (Å²) in [6, 6.07) is 13.7. The summed E-state index contributed by atoms with van der Waals surface area (Å²) in [4.78, 5) is 11.5. The molecule has 0 aromatic heterocycles. The maximum atomic E-state index is 15.7. The van der Waals surface area contributed by atoms with Gasteiger partial charge < -0.3 is 9.84 Å². The largest absolute Gasteiger partial charge is 0.486 e. The normalized spacial score (nSPS) is 19.8. The monoisotopic (exact) mass is 568 g/mol. The van der Waals surface area contributed by atoms with E-state index in [0.717, 1.165) is 55.4 Å². The molecule has 3 aromatic rings. The average molecular weight is 569 g/mol. The summed E-state index contributed by atoms with van der Waals surface area (Å²) in [5, 5.41) is 9.45. The molecule has 2 aliphatic rings. The van der Waals surface area contributed by atoms with Gasteiger partial charge in [0.15, 0.2) is 11.6 Å². The van der Waals surface area contributed by atoms with Gasteiger partial charge >= 0.3 is 5.97 Å². The molecular weight excluding hydrogens is 532 g/mol. The molecule has 2 saturated carbocycles. The van der Waals surface area contributed by atoms with Crippen molar-refractivity contribution in [3.05, 3.63) is 88.5 Å². The zero-order chi connectivity index (χ0) is 29.5. The number of ether oxygens (including phenoxy) is 1. The van der Waals surface area contributed by atoms with E-state index in [1.807, 2.05) is 13.0 Å². The van der Waals surface area contributed by atoms with Crippen molar-refractivity contribution in [3.8, 4) is 16.9 Å². The summed E-state index contributed by atoms with van der Waals surface area (Å²) in [6.07, 6.45) is 1.73. The number of carboxylic acid groups (broad SMARTS) is 1. The fourth-order valence-corrected chi connectivity index (χ4v) is 6.55. The number of rotatable bonds is 10. The van der Waals surface area contributed by atoms with Crippen molar-refractivity contribution in [2.45, 2.75) is 84.2 Å². The molecule has 0 amide bonds. The highest BCUT2D eigenvalue weighted by molar-refractivity contribution is 5.70. The van der Waals surface area contributed by atoms with Gasteiger partial charge in [-0.25, -0.2) is 17.6 Å². The van der Waals surface area contributed by atoms with Crippen LogP contribution < -0.4 is 4.74 Å². The molecule has 41 heavy (non-hydrogen) atoms. The van der Waals surface area contributed by atoms with Crippen LogP contribution in [0.5, 0.6) is 5.75 Å². The third kappa shape index (κ3) is 6.00. The molecule has 0 saturated heterocycles. The number of aliphatic carboxylic acids is 1. The number of carboxylic acids is 1. The lowest BCUT2D eigenvalue weighted by atomic mass is 9.75. The van der Waals surface area contributed by atoms with Gasteiger partial charge in [0, 0.05) is 17.0 Å². The van der Waals surface area contributed by atoms with E-state index >= 15 is 8.78 Å². The summed E-state index contributed by atoms with van der Waals surface area (Å²) in [6.45, 7) is 6.36. The van der Waals surface area contributed by atoms with Crippen LogP contribution in [0.25, 0.3) is 11.1 Å². The molecule has 2 fully saturated rings. The van der Waals surface area contributed by atoms with Crippen molar-refractivity contribution >= 4 is 5.97 Å². The number of halogens is 4. The molecule has 0 bridgehead atoms. The minimum Gasteiger partial charge on any atom is -0.486 e. The van der Waals surface area contributed by atoms with Crippen LogP contribution >= 0.6 is 0 Å². The smallest absolute Gasteiger partial charge is 0.303 e. The van der Waals surface area contributed by atoms with Crippen LogP contribution in [0.3, 0.4) is 0 Å².